The molecule has 0 bridgehead atoms. The average Bonchev–Trinajstić information content (AvgIpc) is 3.46. The van der Waals surface area contributed by atoms with Crippen LogP contribution in [0.15, 0.2) is 59.1 Å². The number of aromatic nitrogens is 1. The van der Waals surface area contributed by atoms with Gasteiger partial charge in [-0.15, -0.1) is 0 Å². The molecule has 2 aromatic carbocycles. The number of para-hydroxylation sites is 1. The number of H-pyrrole nitrogens is 1. The van der Waals surface area contributed by atoms with Gasteiger partial charge < -0.3 is 30.9 Å². The third-order valence-corrected chi connectivity index (χ3v) is 5.91. The van der Waals surface area contributed by atoms with E-state index < -0.39 is 17.9 Å². The van der Waals surface area contributed by atoms with Gasteiger partial charge in [-0.1, -0.05) is 18.2 Å². The fraction of sp³-hybridized carbons (Fsp3) is 0.231. The Labute approximate surface area is 206 Å². The second-order valence-corrected chi connectivity index (χ2v) is 8.54. The highest BCUT2D eigenvalue weighted by atomic mass is 16.4. The standard InChI is InChI=1S/C26H27N5O5/c27-25(28)15-6-8-21-17(11-15)12-22(36-21)26(35)29-10-9-23(32)31-18(13-24(33)34)7-5-16-14-30-20-4-2-1-3-19(16)20/h1-4,6,8,11-12,14,18,30H,5,7,9-10,13H2,(H3,27,28)(H,29,35)(H,31,32)(H,33,34). The van der Waals surface area contributed by atoms with Gasteiger partial charge in [-0.3, -0.25) is 19.8 Å². The highest BCUT2D eigenvalue weighted by molar-refractivity contribution is 6.00. The summed E-state index contributed by atoms with van der Waals surface area (Å²) in [7, 11) is 0. The number of hydrogen-bond acceptors (Lipinski definition) is 5. The number of carbonyl (C=O) groups excluding carboxylic acids is 2. The molecular formula is C26H27N5O5. The van der Waals surface area contributed by atoms with Gasteiger partial charge in [0.15, 0.2) is 5.76 Å². The lowest BCUT2D eigenvalue weighted by atomic mass is 10.0. The second kappa shape index (κ2) is 10.8. The number of furan rings is 1. The number of rotatable bonds is 11. The predicted octanol–water partition coefficient (Wildman–Crippen LogP) is 2.91. The SMILES string of the molecule is N=C(N)c1ccc2oc(C(=O)NCCC(=O)NC(CCc3c[nH]c4ccccc34)CC(=O)O)cc2c1. The molecule has 2 heterocycles. The van der Waals surface area contributed by atoms with E-state index in [4.69, 9.17) is 15.6 Å². The fourth-order valence-corrected chi connectivity index (χ4v) is 4.10. The van der Waals surface area contributed by atoms with E-state index in [9.17, 15) is 19.5 Å². The van der Waals surface area contributed by atoms with Crippen molar-refractivity contribution in [1.82, 2.24) is 15.6 Å². The topological polar surface area (TPSA) is 174 Å². The summed E-state index contributed by atoms with van der Waals surface area (Å²) in [5.74, 6) is -1.84. The molecule has 0 aliphatic rings. The molecule has 0 radical (unpaired) electrons. The molecule has 7 N–H and O–H groups in total. The number of amidine groups is 1. The minimum absolute atomic E-state index is 0.0103. The van der Waals surface area contributed by atoms with E-state index in [1.165, 1.54) is 0 Å². The van der Waals surface area contributed by atoms with E-state index in [2.05, 4.69) is 15.6 Å². The minimum Gasteiger partial charge on any atom is -0.481 e. The Bertz CT molecular complexity index is 1440. The van der Waals surface area contributed by atoms with Crippen LogP contribution in [0.3, 0.4) is 0 Å². The highest BCUT2D eigenvalue weighted by Crippen LogP contribution is 2.21. The number of carboxylic acids is 1. The van der Waals surface area contributed by atoms with Gasteiger partial charge in [-0.2, -0.15) is 0 Å². The van der Waals surface area contributed by atoms with E-state index in [0.29, 0.717) is 29.4 Å². The Morgan fingerprint density at radius 2 is 1.94 bits per heavy atom. The Kier molecular flexibility index (Phi) is 7.33. The summed E-state index contributed by atoms with van der Waals surface area (Å²) < 4.78 is 5.54. The van der Waals surface area contributed by atoms with Crippen LogP contribution >= 0.6 is 0 Å². The molecule has 10 heteroatoms. The third kappa shape index (κ3) is 5.90. The predicted molar refractivity (Wildman–Crippen MR) is 135 cm³/mol. The quantitative estimate of drug-likeness (QED) is 0.139. The van der Waals surface area contributed by atoms with Crippen LogP contribution in [0.2, 0.25) is 0 Å². The van der Waals surface area contributed by atoms with Crippen molar-refractivity contribution in [3.05, 3.63) is 71.6 Å². The van der Waals surface area contributed by atoms with E-state index in [1.807, 2.05) is 30.5 Å². The number of nitrogens with two attached hydrogens (primary N) is 1. The molecule has 0 saturated heterocycles. The van der Waals surface area contributed by atoms with Gasteiger partial charge in [0.05, 0.1) is 6.42 Å². The largest absolute Gasteiger partial charge is 0.481 e. The van der Waals surface area contributed by atoms with Gasteiger partial charge in [-0.25, -0.2) is 0 Å². The van der Waals surface area contributed by atoms with Gasteiger partial charge in [0.25, 0.3) is 5.91 Å². The first-order valence-electron chi connectivity index (χ1n) is 11.5. The van der Waals surface area contributed by atoms with Crippen LogP contribution in [0.1, 0.15) is 40.9 Å². The Hall–Kier alpha value is -4.60. The molecule has 0 spiro atoms. The molecule has 0 fully saturated rings. The molecule has 1 atom stereocenters. The van der Waals surface area contributed by atoms with Gasteiger partial charge in [0.1, 0.15) is 11.4 Å². The fourth-order valence-electron chi connectivity index (χ4n) is 4.10. The number of aromatic amines is 1. The molecule has 0 aliphatic carbocycles. The molecule has 0 saturated carbocycles. The summed E-state index contributed by atoms with van der Waals surface area (Å²) in [5, 5.41) is 23.9. The van der Waals surface area contributed by atoms with E-state index >= 15 is 0 Å². The molecule has 186 valence electrons. The van der Waals surface area contributed by atoms with Crippen LogP contribution < -0.4 is 16.4 Å². The highest BCUT2D eigenvalue weighted by Gasteiger charge is 2.18. The maximum atomic E-state index is 12.5. The third-order valence-electron chi connectivity index (χ3n) is 5.91. The number of nitrogen functional groups attached to an aromatic ring is 1. The summed E-state index contributed by atoms with van der Waals surface area (Å²) in [5.41, 5.74) is 8.56. The van der Waals surface area contributed by atoms with Gasteiger partial charge in [0, 0.05) is 47.1 Å². The number of fused-ring (bicyclic) bond motifs is 2. The molecule has 10 nitrogen and oxygen atoms in total. The van der Waals surface area contributed by atoms with Crippen LogP contribution in [0.25, 0.3) is 21.9 Å². The Balaban J connectivity index is 1.29. The van der Waals surface area contributed by atoms with Crippen molar-refractivity contribution < 1.29 is 23.9 Å². The minimum atomic E-state index is -0.995. The van der Waals surface area contributed by atoms with Crippen molar-refractivity contribution in [3.63, 3.8) is 0 Å². The van der Waals surface area contributed by atoms with Crippen molar-refractivity contribution >= 4 is 45.5 Å². The van der Waals surface area contributed by atoms with E-state index in [1.54, 1.807) is 24.3 Å². The van der Waals surface area contributed by atoms with Crippen molar-refractivity contribution in [3.8, 4) is 0 Å². The number of nitrogens with one attached hydrogen (secondary N) is 4. The van der Waals surface area contributed by atoms with Crippen molar-refractivity contribution in [2.24, 2.45) is 5.73 Å². The molecule has 0 aliphatic heterocycles. The zero-order chi connectivity index (χ0) is 25.7. The number of carboxylic acid groups (broad SMARTS) is 1. The van der Waals surface area contributed by atoms with Crippen LogP contribution in [-0.4, -0.2) is 46.3 Å². The number of benzene rings is 2. The maximum absolute atomic E-state index is 12.5. The van der Waals surface area contributed by atoms with Crippen LogP contribution in [0.4, 0.5) is 0 Å². The van der Waals surface area contributed by atoms with Gasteiger partial charge in [-0.05, 0) is 48.7 Å². The second-order valence-electron chi connectivity index (χ2n) is 8.54. The first-order valence-corrected chi connectivity index (χ1v) is 11.5. The lowest BCUT2D eigenvalue weighted by Gasteiger charge is -2.17. The summed E-state index contributed by atoms with van der Waals surface area (Å²) in [6.45, 7) is 0.0582. The lowest BCUT2D eigenvalue weighted by molar-refractivity contribution is -0.137. The number of aryl methyl sites for hydroxylation is 1. The molecule has 4 aromatic rings. The van der Waals surface area contributed by atoms with Crippen molar-refractivity contribution in [2.75, 3.05) is 6.54 Å². The normalized spacial score (nSPS) is 11.9. The molecule has 36 heavy (non-hydrogen) atoms. The first kappa shape index (κ1) is 24.5. The number of aliphatic carboxylic acids is 1. The maximum Gasteiger partial charge on any atom is 0.305 e. The van der Waals surface area contributed by atoms with E-state index in [-0.39, 0.29) is 36.9 Å². The molecule has 2 aromatic heterocycles. The number of carbonyl (C=O) groups is 3. The summed E-state index contributed by atoms with van der Waals surface area (Å²) in [6.07, 6.45) is 2.77. The van der Waals surface area contributed by atoms with Crippen molar-refractivity contribution in [1.29, 1.82) is 5.41 Å². The zero-order valence-electron chi connectivity index (χ0n) is 19.5. The monoisotopic (exact) mass is 489 g/mol. The summed E-state index contributed by atoms with van der Waals surface area (Å²) >= 11 is 0. The van der Waals surface area contributed by atoms with E-state index in [0.717, 1.165) is 16.5 Å². The zero-order valence-corrected chi connectivity index (χ0v) is 19.5. The Morgan fingerprint density at radius 3 is 2.72 bits per heavy atom. The number of amides is 2. The van der Waals surface area contributed by atoms with Crippen LogP contribution in [0.5, 0.6) is 0 Å². The molecule has 2 amide bonds. The lowest BCUT2D eigenvalue weighted by Crippen LogP contribution is -2.38. The smallest absolute Gasteiger partial charge is 0.305 e. The van der Waals surface area contributed by atoms with Gasteiger partial charge in [0.2, 0.25) is 5.91 Å². The van der Waals surface area contributed by atoms with Crippen LogP contribution in [0, 0.1) is 5.41 Å². The molecular weight excluding hydrogens is 462 g/mol. The van der Waals surface area contributed by atoms with Crippen molar-refractivity contribution in [2.45, 2.75) is 31.7 Å². The number of hydrogen-bond donors (Lipinski definition) is 6. The Morgan fingerprint density at radius 1 is 1.14 bits per heavy atom. The van der Waals surface area contributed by atoms with Gasteiger partial charge >= 0.3 is 5.97 Å². The summed E-state index contributed by atoms with van der Waals surface area (Å²) in [6, 6.07) is 13.8. The molecule has 4 rings (SSSR count). The van der Waals surface area contributed by atoms with Crippen LogP contribution in [-0.2, 0) is 16.0 Å². The first-order chi connectivity index (χ1) is 17.3. The summed E-state index contributed by atoms with van der Waals surface area (Å²) in [4.78, 5) is 39.4. The average molecular weight is 490 g/mol. The molecule has 1 unspecified atom stereocenters.